The fraction of sp³-hybridized carbons (Fsp3) is 0.625. The monoisotopic (exact) mass is 359 g/mol. The van der Waals surface area contributed by atoms with Gasteiger partial charge in [0.25, 0.3) is 0 Å². The SMILES string of the molecule is CCSCCCOc1c(Br)cccc1CNC(C)(C)C. The number of nitrogens with one attached hydrogen (secondary N) is 1. The first-order valence-electron chi connectivity index (χ1n) is 7.17. The molecule has 1 rings (SSSR count). The van der Waals surface area contributed by atoms with Crippen LogP contribution in [-0.4, -0.2) is 23.7 Å². The fourth-order valence-corrected chi connectivity index (χ4v) is 2.83. The highest BCUT2D eigenvalue weighted by Crippen LogP contribution is 2.29. The van der Waals surface area contributed by atoms with E-state index in [0.717, 1.165) is 35.5 Å². The van der Waals surface area contributed by atoms with Gasteiger partial charge in [0.2, 0.25) is 0 Å². The molecular formula is C16H26BrNOS. The van der Waals surface area contributed by atoms with Crippen molar-refractivity contribution in [3.8, 4) is 5.75 Å². The van der Waals surface area contributed by atoms with Gasteiger partial charge in [-0.25, -0.2) is 0 Å². The Hall–Kier alpha value is -0.190. The maximum absolute atomic E-state index is 5.98. The summed E-state index contributed by atoms with van der Waals surface area (Å²) in [7, 11) is 0. The highest BCUT2D eigenvalue weighted by molar-refractivity contribution is 9.10. The molecule has 1 N–H and O–H groups in total. The van der Waals surface area contributed by atoms with Gasteiger partial charge in [-0.05, 0) is 60.7 Å². The second-order valence-electron chi connectivity index (χ2n) is 5.73. The summed E-state index contributed by atoms with van der Waals surface area (Å²) in [5.41, 5.74) is 1.31. The fourth-order valence-electron chi connectivity index (χ4n) is 1.69. The predicted octanol–water partition coefficient (Wildman–Crippen LogP) is 4.86. The molecule has 20 heavy (non-hydrogen) atoms. The van der Waals surface area contributed by atoms with E-state index in [1.807, 2.05) is 17.8 Å². The minimum atomic E-state index is 0.108. The summed E-state index contributed by atoms with van der Waals surface area (Å²) in [4.78, 5) is 0. The van der Waals surface area contributed by atoms with Gasteiger partial charge in [0.05, 0.1) is 11.1 Å². The molecule has 0 heterocycles. The van der Waals surface area contributed by atoms with Crippen molar-refractivity contribution in [3.05, 3.63) is 28.2 Å². The van der Waals surface area contributed by atoms with Crippen molar-refractivity contribution in [1.82, 2.24) is 5.32 Å². The van der Waals surface area contributed by atoms with E-state index >= 15 is 0 Å². The van der Waals surface area contributed by atoms with Crippen LogP contribution < -0.4 is 10.1 Å². The molecule has 0 saturated heterocycles. The number of para-hydroxylation sites is 1. The smallest absolute Gasteiger partial charge is 0.137 e. The summed E-state index contributed by atoms with van der Waals surface area (Å²) in [5.74, 6) is 3.32. The Morgan fingerprint density at radius 1 is 1.30 bits per heavy atom. The van der Waals surface area contributed by atoms with Crippen LogP contribution in [0, 0.1) is 0 Å². The van der Waals surface area contributed by atoms with Crippen molar-refractivity contribution in [3.63, 3.8) is 0 Å². The van der Waals surface area contributed by atoms with Gasteiger partial charge in [0.1, 0.15) is 5.75 Å². The molecular weight excluding hydrogens is 334 g/mol. The van der Waals surface area contributed by atoms with Crippen LogP contribution in [-0.2, 0) is 6.54 Å². The Morgan fingerprint density at radius 3 is 2.70 bits per heavy atom. The van der Waals surface area contributed by atoms with E-state index in [1.54, 1.807) is 0 Å². The predicted molar refractivity (Wildman–Crippen MR) is 93.8 cm³/mol. The van der Waals surface area contributed by atoms with E-state index in [4.69, 9.17) is 4.74 Å². The number of hydrogen-bond acceptors (Lipinski definition) is 3. The van der Waals surface area contributed by atoms with Gasteiger partial charge in [0, 0.05) is 17.6 Å². The summed E-state index contributed by atoms with van der Waals surface area (Å²) in [6.07, 6.45) is 1.09. The van der Waals surface area contributed by atoms with Crippen molar-refractivity contribution in [2.24, 2.45) is 0 Å². The normalized spacial score (nSPS) is 11.7. The zero-order valence-corrected chi connectivity index (χ0v) is 15.4. The van der Waals surface area contributed by atoms with Crippen molar-refractivity contribution in [1.29, 1.82) is 0 Å². The molecule has 0 amide bonds. The zero-order chi connectivity index (χ0) is 15.0. The molecule has 0 fully saturated rings. The maximum Gasteiger partial charge on any atom is 0.137 e. The molecule has 0 unspecified atom stereocenters. The first-order chi connectivity index (χ1) is 9.44. The standard InChI is InChI=1S/C16H26BrNOS/c1-5-20-11-7-10-19-15-13(8-6-9-14(15)17)12-18-16(2,3)4/h6,8-9,18H,5,7,10-12H2,1-4H3. The Labute approximate surface area is 136 Å². The summed E-state index contributed by atoms with van der Waals surface area (Å²) < 4.78 is 7.02. The van der Waals surface area contributed by atoms with Crippen LogP contribution in [0.5, 0.6) is 5.75 Å². The first-order valence-corrected chi connectivity index (χ1v) is 9.12. The number of thioether (sulfide) groups is 1. The van der Waals surface area contributed by atoms with Gasteiger partial charge in [-0.15, -0.1) is 0 Å². The van der Waals surface area contributed by atoms with Crippen LogP contribution in [0.3, 0.4) is 0 Å². The summed E-state index contributed by atoms with van der Waals surface area (Å²) in [6, 6.07) is 6.22. The lowest BCUT2D eigenvalue weighted by Gasteiger charge is -2.22. The van der Waals surface area contributed by atoms with E-state index in [2.05, 4.69) is 61.1 Å². The summed E-state index contributed by atoms with van der Waals surface area (Å²) >= 11 is 5.55. The van der Waals surface area contributed by atoms with E-state index in [9.17, 15) is 0 Å². The molecule has 1 aromatic carbocycles. The third kappa shape index (κ3) is 7.00. The summed E-state index contributed by atoms with van der Waals surface area (Å²) in [6.45, 7) is 10.3. The van der Waals surface area contributed by atoms with Crippen molar-refractivity contribution in [2.75, 3.05) is 18.1 Å². The molecule has 0 aliphatic carbocycles. The topological polar surface area (TPSA) is 21.3 Å². The highest BCUT2D eigenvalue weighted by atomic mass is 79.9. The molecule has 4 heteroatoms. The van der Waals surface area contributed by atoms with Crippen molar-refractivity contribution >= 4 is 27.7 Å². The minimum absolute atomic E-state index is 0.108. The Balaban J connectivity index is 2.59. The Bertz CT molecular complexity index is 404. The van der Waals surface area contributed by atoms with Gasteiger partial charge in [-0.3, -0.25) is 0 Å². The molecule has 114 valence electrons. The molecule has 0 saturated carbocycles. The largest absolute Gasteiger partial charge is 0.492 e. The number of hydrogen-bond donors (Lipinski definition) is 1. The Morgan fingerprint density at radius 2 is 2.05 bits per heavy atom. The summed E-state index contributed by atoms with van der Waals surface area (Å²) in [5, 5.41) is 3.51. The van der Waals surface area contributed by atoms with Crippen molar-refractivity contribution in [2.45, 2.75) is 46.2 Å². The lowest BCUT2D eigenvalue weighted by Crippen LogP contribution is -2.35. The van der Waals surface area contributed by atoms with Crippen LogP contribution in [0.1, 0.15) is 39.7 Å². The van der Waals surface area contributed by atoms with Crippen molar-refractivity contribution < 1.29 is 4.74 Å². The van der Waals surface area contributed by atoms with Crippen LogP contribution in [0.25, 0.3) is 0 Å². The third-order valence-electron chi connectivity index (χ3n) is 2.74. The van der Waals surface area contributed by atoms with E-state index in [1.165, 1.54) is 11.3 Å². The molecule has 0 radical (unpaired) electrons. The zero-order valence-electron chi connectivity index (χ0n) is 13.0. The third-order valence-corrected chi connectivity index (χ3v) is 4.35. The molecule has 0 aliphatic heterocycles. The molecule has 2 nitrogen and oxygen atoms in total. The van der Waals surface area contributed by atoms with Gasteiger partial charge in [-0.1, -0.05) is 19.1 Å². The first kappa shape index (κ1) is 17.9. The van der Waals surface area contributed by atoms with Crippen LogP contribution in [0.4, 0.5) is 0 Å². The average molecular weight is 360 g/mol. The quantitative estimate of drug-likeness (QED) is 0.669. The van der Waals surface area contributed by atoms with E-state index in [-0.39, 0.29) is 5.54 Å². The van der Waals surface area contributed by atoms with Crippen LogP contribution in [0.15, 0.2) is 22.7 Å². The molecule has 0 aromatic heterocycles. The molecule has 1 aromatic rings. The van der Waals surface area contributed by atoms with Crippen LogP contribution >= 0.6 is 27.7 Å². The maximum atomic E-state index is 5.98. The van der Waals surface area contributed by atoms with Gasteiger partial charge in [0.15, 0.2) is 0 Å². The van der Waals surface area contributed by atoms with Gasteiger partial charge in [-0.2, -0.15) is 11.8 Å². The average Bonchev–Trinajstić information content (AvgIpc) is 2.37. The van der Waals surface area contributed by atoms with Crippen LogP contribution in [0.2, 0.25) is 0 Å². The number of rotatable bonds is 8. The van der Waals surface area contributed by atoms with Gasteiger partial charge >= 0.3 is 0 Å². The number of benzene rings is 1. The second-order valence-corrected chi connectivity index (χ2v) is 7.98. The highest BCUT2D eigenvalue weighted by Gasteiger charge is 2.12. The molecule has 0 spiro atoms. The minimum Gasteiger partial charge on any atom is -0.492 e. The second kappa shape index (κ2) is 8.96. The molecule has 0 bridgehead atoms. The van der Waals surface area contributed by atoms with E-state index < -0.39 is 0 Å². The van der Waals surface area contributed by atoms with E-state index in [0.29, 0.717) is 0 Å². The lowest BCUT2D eigenvalue weighted by molar-refractivity contribution is 0.310. The molecule has 0 atom stereocenters. The molecule has 0 aliphatic rings. The Kier molecular flexibility index (Phi) is 8.00. The lowest BCUT2D eigenvalue weighted by atomic mass is 10.1. The van der Waals surface area contributed by atoms with Gasteiger partial charge < -0.3 is 10.1 Å². The number of halogens is 1. The number of ether oxygens (including phenoxy) is 1.